The van der Waals surface area contributed by atoms with Crippen molar-refractivity contribution in [3.05, 3.63) is 23.8 Å². The van der Waals surface area contributed by atoms with Crippen molar-refractivity contribution in [3.63, 3.8) is 0 Å². The Morgan fingerprint density at radius 1 is 1.00 bits per heavy atom. The largest absolute Gasteiger partial charge is 0.466 e. The second kappa shape index (κ2) is 18.9. The molecule has 0 radical (unpaired) electrons. The number of cyclic esters (lactones) is 1. The van der Waals surface area contributed by atoms with Crippen molar-refractivity contribution < 1.29 is 62.9 Å². The summed E-state index contributed by atoms with van der Waals surface area (Å²) in [5, 5.41) is 33.5. The number of methoxy groups -OCH3 is 1. The van der Waals surface area contributed by atoms with Gasteiger partial charge in [-0.3, -0.25) is 9.59 Å². The third-order valence-corrected chi connectivity index (χ3v) is 10.0. The lowest BCUT2D eigenvalue weighted by atomic mass is 9.74. The number of rotatable bonds is 9. The number of ether oxygens (including phenoxy) is 7. The molecule has 0 spiro atoms. The Morgan fingerprint density at radius 3 is 2.46 bits per heavy atom. The first-order chi connectivity index (χ1) is 23.8. The van der Waals surface area contributed by atoms with Gasteiger partial charge in [0.2, 0.25) is 5.79 Å². The number of carbonyl (C=O) groups excluding carboxylic acids is 3. The maximum absolute atomic E-state index is 13.2. The summed E-state index contributed by atoms with van der Waals surface area (Å²) in [7, 11) is 1.22. The van der Waals surface area contributed by atoms with Crippen LogP contribution in [0.15, 0.2) is 23.8 Å². The highest BCUT2D eigenvalue weighted by molar-refractivity contribution is 5.83. The fourth-order valence-corrected chi connectivity index (χ4v) is 7.18. The predicted octanol–water partition coefficient (Wildman–Crippen LogP) is 3.94. The molecule has 0 aliphatic carbocycles. The summed E-state index contributed by atoms with van der Waals surface area (Å²) in [4.78, 5) is 38.8. The van der Waals surface area contributed by atoms with Gasteiger partial charge in [0.05, 0.1) is 57.3 Å². The number of aliphatic hydroxyl groups excluding tert-OH is 2. The average Bonchev–Trinajstić information content (AvgIpc) is 3.51. The van der Waals surface area contributed by atoms with Gasteiger partial charge in [-0.05, 0) is 43.8 Å². The Kier molecular flexibility index (Phi) is 15.3. The minimum atomic E-state index is -2.24. The molecule has 13 heteroatoms. The first-order valence-corrected chi connectivity index (χ1v) is 18.3. The van der Waals surface area contributed by atoms with Gasteiger partial charge in [-0.1, -0.05) is 52.5 Å². The van der Waals surface area contributed by atoms with E-state index in [9.17, 15) is 29.7 Å². The Morgan fingerprint density at radius 2 is 1.74 bits per heavy atom. The third-order valence-electron chi connectivity index (χ3n) is 10.0. The highest BCUT2D eigenvalue weighted by Gasteiger charge is 2.57. The van der Waals surface area contributed by atoms with Crippen molar-refractivity contribution in [1.29, 1.82) is 0 Å². The van der Waals surface area contributed by atoms with E-state index in [4.69, 9.17) is 33.2 Å². The van der Waals surface area contributed by atoms with E-state index in [1.807, 2.05) is 0 Å². The third kappa shape index (κ3) is 11.3. The molecule has 4 aliphatic rings. The van der Waals surface area contributed by atoms with Gasteiger partial charge in [-0.15, -0.1) is 0 Å². The SMILES string of the molecule is CCCCCCCC(=O)O[C@H]1/C(=C/C(=O)OC)C[C@H]2C[C@H](CO)OC(=O)C[C@H](O)C[C@@H]3CCC[C@H](CC4COC(/C=C/C(C)(C)[C@]1(O)O2)O4)O3. The molecule has 0 aromatic carbocycles. The molecule has 0 saturated carbocycles. The molecule has 3 saturated heterocycles. The molecule has 0 amide bonds. The van der Waals surface area contributed by atoms with Crippen LogP contribution in [-0.2, 0) is 47.5 Å². The van der Waals surface area contributed by atoms with Crippen LogP contribution in [0.25, 0.3) is 0 Å². The van der Waals surface area contributed by atoms with Gasteiger partial charge >= 0.3 is 17.9 Å². The Hall–Kier alpha value is -2.39. The topological polar surface area (TPSA) is 177 Å². The molecular weight excluding hydrogens is 652 g/mol. The van der Waals surface area contributed by atoms with E-state index in [1.54, 1.807) is 26.0 Å². The first kappa shape index (κ1) is 40.4. The molecule has 0 aromatic rings. The Balaban J connectivity index is 1.66. The summed E-state index contributed by atoms with van der Waals surface area (Å²) in [6.07, 6.45) is 6.61. The summed E-state index contributed by atoms with van der Waals surface area (Å²) in [5.41, 5.74) is -1.04. The zero-order valence-electron chi connectivity index (χ0n) is 30.1. The average molecular weight is 711 g/mol. The predicted molar refractivity (Wildman–Crippen MR) is 179 cm³/mol. The molecule has 4 aliphatic heterocycles. The minimum absolute atomic E-state index is 0.000953. The van der Waals surface area contributed by atoms with Crippen molar-refractivity contribution >= 4 is 17.9 Å². The molecule has 50 heavy (non-hydrogen) atoms. The van der Waals surface area contributed by atoms with E-state index in [-0.39, 0.29) is 56.0 Å². The van der Waals surface area contributed by atoms with Crippen LogP contribution in [0.2, 0.25) is 0 Å². The van der Waals surface area contributed by atoms with Crippen LogP contribution in [0.5, 0.6) is 0 Å². The van der Waals surface area contributed by atoms with Crippen molar-refractivity contribution in [2.75, 3.05) is 20.3 Å². The number of hydrogen-bond donors (Lipinski definition) is 3. The number of aliphatic hydroxyl groups is 3. The number of hydrogen-bond acceptors (Lipinski definition) is 13. The van der Waals surface area contributed by atoms with Gasteiger partial charge in [-0.25, -0.2) is 4.79 Å². The van der Waals surface area contributed by atoms with Gasteiger partial charge in [0.1, 0.15) is 6.10 Å². The minimum Gasteiger partial charge on any atom is -0.466 e. The van der Waals surface area contributed by atoms with Crippen molar-refractivity contribution in [3.8, 4) is 0 Å². The zero-order chi connectivity index (χ0) is 36.3. The molecule has 284 valence electrons. The molecule has 2 unspecified atom stereocenters. The van der Waals surface area contributed by atoms with E-state index < -0.39 is 66.4 Å². The monoisotopic (exact) mass is 710 g/mol. The van der Waals surface area contributed by atoms with Crippen LogP contribution in [0.4, 0.5) is 0 Å². The summed E-state index contributed by atoms with van der Waals surface area (Å²) in [6.45, 7) is 5.29. The van der Waals surface area contributed by atoms with Crippen molar-refractivity contribution in [2.45, 2.75) is 165 Å². The van der Waals surface area contributed by atoms with Crippen LogP contribution in [0, 0.1) is 5.41 Å². The summed E-state index contributed by atoms with van der Waals surface area (Å²) in [6, 6.07) is 0. The first-order valence-electron chi connectivity index (χ1n) is 18.3. The maximum atomic E-state index is 13.2. The van der Waals surface area contributed by atoms with E-state index in [0.29, 0.717) is 19.4 Å². The Labute approximate surface area is 295 Å². The molecular formula is C37H58O13. The van der Waals surface area contributed by atoms with E-state index in [2.05, 4.69) is 6.92 Å². The zero-order valence-corrected chi connectivity index (χ0v) is 30.1. The molecule has 4 heterocycles. The highest BCUT2D eigenvalue weighted by atomic mass is 16.7. The van der Waals surface area contributed by atoms with Gasteiger partial charge in [0.15, 0.2) is 12.4 Å². The van der Waals surface area contributed by atoms with Crippen LogP contribution >= 0.6 is 0 Å². The number of esters is 3. The van der Waals surface area contributed by atoms with E-state index in [1.165, 1.54) is 13.2 Å². The van der Waals surface area contributed by atoms with Crippen LogP contribution in [-0.4, -0.2) is 108 Å². The molecule has 9 atom stereocenters. The number of fused-ring (bicyclic) bond motifs is 6. The summed E-state index contributed by atoms with van der Waals surface area (Å²) >= 11 is 0. The summed E-state index contributed by atoms with van der Waals surface area (Å²) in [5.74, 6) is -4.22. The maximum Gasteiger partial charge on any atom is 0.330 e. The van der Waals surface area contributed by atoms with Gasteiger partial charge in [-0.2, -0.15) is 0 Å². The lowest BCUT2D eigenvalue weighted by Gasteiger charge is -2.51. The Bertz CT molecular complexity index is 1180. The van der Waals surface area contributed by atoms with Gasteiger partial charge in [0, 0.05) is 37.2 Å². The molecule has 3 fully saturated rings. The molecule has 3 N–H and O–H groups in total. The standard InChI is InChI=1S/C37H58O13/c1-5-6-7-8-9-13-31(40)49-35-24(17-32(41)44-4)16-28-21-29(22-38)47-33(42)19-25(39)18-26-11-10-12-27(46-26)20-30-23-45-34(48-30)14-15-36(2,3)37(35,43)50-28/h14-15,17,25-30,34-35,38-39,43H,5-13,16,18-23H2,1-4H3/b15-14+,24-17+/t25-,26+,27-,28+,29-,30?,34?,35+,37-/m1/s1. The summed E-state index contributed by atoms with van der Waals surface area (Å²) < 4.78 is 41.2. The highest BCUT2D eigenvalue weighted by Crippen LogP contribution is 2.47. The lowest BCUT2D eigenvalue weighted by Crippen LogP contribution is -2.62. The van der Waals surface area contributed by atoms with Gasteiger partial charge in [0.25, 0.3) is 0 Å². The number of unbranched alkanes of at least 4 members (excludes halogenated alkanes) is 4. The van der Waals surface area contributed by atoms with Crippen molar-refractivity contribution in [2.24, 2.45) is 5.41 Å². The van der Waals surface area contributed by atoms with Crippen molar-refractivity contribution in [1.82, 2.24) is 0 Å². The molecule has 6 bridgehead atoms. The van der Waals surface area contributed by atoms with Crippen LogP contribution in [0.1, 0.15) is 111 Å². The number of carbonyl (C=O) groups is 3. The van der Waals surface area contributed by atoms with E-state index in [0.717, 1.165) is 44.9 Å². The fourth-order valence-electron chi connectivity index (χ4n) is 7.18. The smallest absolute Gasteiger partial charge is 0.330 e. The lowest BCUT2D eigenvalue weighted by molar-refractivity contribution is -0.327. The van der Waals surface area contributed by atoms with Gasteiger partial charge < -0.3 is 48.5 Å². The fraction of sp³-hybridized carbons (Fsp3) is 0.811. The van der Waals surface area contributed by atoms with Crippen LogP contribution in [0.3, 0.4) is 0 Å². The normalized spacial score (nSPS) is 36.6. The molecule has 0 aromatic heterocycles. The molecule has 13 nitrogen and oxygen atoms in total. The second-order valence-electron chi connectivity index (χ2n) is 14.6. The van der Waals surface area contributed by atoms with E-state index >= 15 is 0 Å². The quantitative estimate of drug-likeness (QED) is 0.103. The van der Waals surface area contributed by atoms with Crippen LogP contribution < -0.4 is 0 Å². The molecule has 4 rings (SSSR count). The second-order valence-corrected chi connectivity index (χ2v) is 14.6.